The number of hydrogen-bond donors (Lipinski definition) is 1. The molecule has 1 saturated heterocycles. The number of ether oxygens (including phenoxy) is 1. The van der Waals surface area contributed by atoms with Gasteiger partial charge in [-0.3, -0.25) is 24.6 Å². The number of anilines is 1. The number of aliphatic hydroxyl groups is 1. The number of Topliss-reactive ketones (excluding diaryl/α,β-unsaturated/α-hetero) is 1. The van der Waals surface area contributed by atoms with Gasteiger partial charge in [-0.2, -0.15) is 0 Å². The molecule has 34 heavy (non-hydrogen) atoms. The van der Waals surface area contributed by atoms with E-state index in [1.54, 1.807) is 30.3 Å². The number of amides is 1. The Balaban J connectivity index is 2.01. The summed E-state index contributed by atoms with van der Waals surface area (Å²) < 4.78 is 5.50. The number of nitro groups is 1. The number of ketones is 1. The van der Waals surface area contributed by atoms with E-state index < -0.39 is 28.4 Å². The molecule has 0 spiro atoms. The second-order valence-corrected chi connectivity index (χ2v) is 8.01. The van der Waals surface area contributed by atoms with Crippen LogP contribution < -0.4 is 9.64 Å². The highest BCUT2D eigenvalue weighted by molar-refractivity contribution is 6.51. The maximum atomic E-state index is 13.3. The van der Waals surface area contributed by atoms with Crippen LogP contribution in [0.4, 0.5) is 11.4 Å². The number of nitrogens with zero attached hydrogens (tertiary/aromatic N) is 2. The van der Waals surface area contributed by atoms with Crippen LogP contribution in [0.15, 0.2) is 72.3 Å². The van der Waals surface area contributed by atoms with Crippen LogP contribution in [0, 0.1) is 24.0 Å². The first-order valence-corrected chi connectivity index (χ1v) is 10.5. The van der Waals surface area contributed by atoms with Gasteiger partial charge in [-0.25, -0.2) is 0 Å². The second-order valence-electron chi connectivity index (χ2n) is 8.01. The fourth-order valence-electron chi connectivity index (χ4n) is 4.27. The van der Waals surface area contributed by atoms with E-state index in [0.29, 0.717) is 17.0 Å². The van der Waals surface area contributed by atoms with Crippen molar-refractivity contribution in [2.24, 2.45) is 0 Å². The fourth-order valence-corrected chi connectivity index (χ4v) is 4.27. The highest BCUT2D eigenvalue weighted by Crippen LogP contribution is 2.45. The lowest BCUT2D eigenvalue weighted by Gasteiger charge is -2.28. The summed E-state index contributed by atoms with van der Waals surface area (Å²) >= 11 is 0. The molecular formula is C26H22N2O6. The van der Waals surface area contributed by atoms with Crippen LogP contribution in [0.3, 0.4) is 0 Å². The molecule has 1 aliphatic heterocycles. The molecule has 0 saturated carbocycles. The zero-order valence-electron chi connectivity index (χ0n) is 18.8. The maximum absolute atomic E-state index is 13.3. The number of benzene rings is 3. The molecule has 1 heterocycles. The van der Waals surface area contributed by atoms with Gasteiger partial charge in [0.15, 0.2) is 0 Å². The molecule has 172 valence electrons. The molecule has 1 N–H and O–H groups in total. The summed E-state index contributed by atoms with van der Waals surface area (Å²) in [6.07, 6.45) is 0. The van der Waals surface area contributed by atoms with Crippen LogP contribution >= 0.6 is 0 Å². The van der Waals surface area contributed by atoms with Gasteiger partial charge >= 0.3 is 0 Å². The number of para-hydroxylation sites is 1. The largest absolute Gasteiger partial charge is 0.507 e. The number of aryl methyl sites for hydroxylation is 2. The molecule has 1 aliphatic rings. The monoisotopic (exact) mass is 458 g/mol. The average molecular weight is 458 g/mol. The number of rotatable bonds is 5. The summed E-state index contributed by atoms with van der Waals surface area (Å²) in [6.45, 7) is 3.76. The first-order valence-electron chi connectivity index (χ1n) is 10.5. The SMILES string of the molecule is COc1ccccc1C1/C(=C(\O)c2cccc([N+](=O)[O-])c2)C(=O)C(=O)N1c1ccc(C)cc1C. The number of hydrogen-bond acceptors (Lipinski definition) is 6. The molecule has 0 bridgehead atoms. The van der Waals surface area contributed by atoms with Crippen LogP contribution in [-0.4, -0.2) is 28.8 Å². The van der Waals surface area contributed by atoms with E-state index in [-0.39, 0.29) is 16.8 Å². The van der Waals surface area contributed by atoms with Crippen molar-refractivity contribution in [3.63, 3.8) is 0 Å². The average Bonchev–Trinajstić information content (AvgIpc) is 3.09. The predicted octanol–water partition coefficient (Wildman–Crippen LogP) is 4.85. The Hall–Kier alpha value is -4.46. The van der Waals surface area contributed by atoms with Gasteiger partial charge in [-0.1, -0.05) is 48.0 Å². The smallest absolute Gasteiger partial charge is 0.300 e. The van der Waals surface area contributed by atoms with Crippen LogP contribution in [-0.2, 0) is 9.59 Å². The van der Waals surface area contributed by atoms with E-state index in [2.05, 4.69) is 0 Å². The third kappa shape index (κ3) is 3.79. The molecule has 4 rings (SSSR count). The van der Waals surface area contributed by atoms with Gasteiger partial charge in [0, 0.05) is 28.9 Å². The van der Waals surface area contributed by atoms with E-state index in [1.807, 2.05) is 26.0 Å². The third-order valence-corrected chi connectivity index (χ3v) is 5.82. The van der Waals surface area contributed by atoms with Crippen LogP contribution in [0.2, 0.25) is 0 Å². The van der Waals surface area contributed by atoms with E-state index in [9.17, 15) is 24.8 Å². The Bertz CT molecular complexity index is 1360. The van der Waals surface area contributed by atoms with E-state index in [1.165, 1.54) is 36.3 Å². The summed E-state index contributed by atoms with van der Waals surface area (Å²) in [4.78, 5) is 38.6. The van der Waals surface area contributed by atoms with Gasteiger partial charge < -0.3 is 9.84 Å². The van der Waals surface area contributed by atoms with Crippen LogP contribution in [0.5, 0.6) is 5.75 Å². The number of aliphatic hydroxyl groups excluding tert-OH is 1. The predicted molar refractivity (Wildman–Crippen MR) is 127 cm³/mol. The zero-order valence-corrected chi connectivity index (χ0v) is 18.8. The number of carbonyl (C=O) groups excluding carboxylic acids is 2. The Labute approximate surface area is 195 Å². The summed E-state index contributed by atoms with van der Waals surface area (Å²) in [7, 11) is 1.47. The van der Waals surface area contributed by atoms with Crippen LogP contribution in [0.25, 0.3) is 5.76 Å². The van der Waals surface area contributed by atoms with Gasteiger partial charge in [0.05, 0.1) is 23.6 Å². The van der Waals surface area contributed by atoms with Crippen molar-refractivity contribution >= 4 is 28.8 Å². The molecular weight excluding hydrogens is 436 g/mol. The molecule has 1 amide bonds. The minimum absolute atomic E-state index is 0.0627. The molecule has 0 aliphatic carbocycles. The maximum Gasteiger partial charge on any atom is 0.300 e. The number of methoxy groups -OCH3 is 1. The standard InChI is InChI=1S/C26H22N2O6/c1-15-11-12-20(16(2)13-15)27-23(19-9-4-5-10-21(19)34-3)22(25(30)26(27)31)24(29)17-7-6-8-18(14-17)28(32)33/h4-14,23,29H,1-3H3/b24-22+. The number of non-ortho nitro benzene ring substituents is 1. The Morgan fingerprint density at radius 1 is 1.03 bits per heavy atom. The highest BCUT2D eigenvalue weighted by Gasteiger charge is 2.48. The molecule has 8 heteroatoms. The molecule has 0 radical (unpaired) electrons. The van der Waals surface area contributed by atoms with Gasteiger partial charge in [0.1, 0.15) is 11.5 Å². The first kappa shape index (κ1) is 22.7. The normalized spacial score (nSPS) is 17.1. The first-order chi connectivity index (χ1) is 16.2. The molecule has 1 unspecified atom stereocenters. The summed E-state index contributed by atoms with van der Waals surface area (Å²) in [5, 5.41) is 22.5. The zero-order chi connectivity index (χ0) is 24.6. The summed E-state index contributed by atoms with van der Waals surface area (Å²) in [5.74, 6) is -1.77. The van der Waals surface area contributed by atoms with E-state index in [4.69, 9.17) is 4.74 Å². The van der Waals surface area contributed by atoms with Crippen molar-refractivity contribution in [1.29, 1.82) is 0 Å². The van der Waals surface area contributed by atoms with Crippen molar-refractivity contribution in [1.82, 2.24) is 0 Å². The van der Waals surface area contributed by atoms with Gasteiger partial charge in [-0.05, 0) is 31.5 Å². The van der Waals surface area contributed by atoms with Crippen molar-refractivity contribution in [2.75, 3.05) is 12.0 Å². The molecule has 0 aromatic heterocycles. The van der Waals surface area contributed by atoms with Crippen molar-refractivity contribution in [3.8, 4) is 5.75 Å². The summed E-state index contributed by atoms with van der Waals surface area (Å²) in [5.41, 5.74) is 2.42. The molecule has 8 nitrogen and oxygen atoms in total. The lowest BCUT2D eigenvalue weighted by atomic mass is 9.94. The molecule has 3 aromatic rings. The van der Waals surface area contributed by atoms with Gasteiger partial charge in [0.25, 0.3) is 17.4 Å². The van der Waals surface area contributed by atoms with Crippen molar-refractivity contribution in [2.45, 2.75) is 19.9 Å². The highest BCUT2D eigenvalue weighted by atomic mass is 16.6. The lowest BCUT2D eigenvalue weighted by Crippen LogP contribution is -2.30. The topological polar surface area (TPSA) is 110 Å². The third-order valence-electron chi connectivity index (χ3n) is 5.82. The van der Waals surface area contributed by atoms with Crippen LogP contribution in [0.1, 0.15) is 28.3 Å². The van der Waals surface area contributed by atoms with Crippen molar-refractivity contribution in [3.05, 3.63) is 105 Å². The molecule has 1 fully saturated rings. The lowest BCUT2D eigenvalue weighted by molar-refractivity contribution is -0.384. The second kappa shape index (κ2) is 8.82. The Kier molecular flexibility index (Phi) is 5.89. The Morgan fingerprint density at radius 2 is 1.76 bits per heavy atom. The van der Waals surface area contributed by atoms with Gasteiger partial charge in [-0.15, -0.1) is 0 Å². The number of nitro benzene ring substituents is 1. The molecule has 3 aromatic carbocycles. The summed E-state index contributed by atoms with van der Waals surface area (Å²) in [6, 6.07) is 16.7. The van der Waals surface area contributed by atoms with Gasteiger partial charge in [0.2, 0.25) is 0 Å². The van der Waals surface area contributed by atoms with E-state index >= 15 is 0 Å². The van der Waals surface area contributed by atoms with Crippen molar-refractivity contribution < 1.29 is 24.4 Å². The number of carbonyl (C=O) groups is 2. The minimum atomic E-state index is -1.00. The fraction of sp³-hybridized carbons (Fsp3) is 0.154. The van der Waals surface area contributed by atoms with E-state index in [0.717, 1.165) is 11.1 Å². The quantitative estimate of drug-likeness (QED) is 0.192. The molecule has 1 atom stereocenters. The Morgan fingerprint density at radius 3 is 2.44 bits per heavy atom. The minimum Gasteiger partial charge on any atom is -0.507 e.